The van der Waals surface area contributed by atoms with Crippen LogP contribution in [0.15, 0.2) is 60.7 Å². The Kier molecular flexibility index (Phi) is 13.5. The number of unbranched alkanes of at least 4 members (excludes halogenated alkanes) is 4. The van der Waals surface area contributed by atoms with Gasteiger partial charge in [-0.1, -0.05) is 101 Å². The molecule has 0 atom stereocenters. The molecule has 1 saturated carbocycles. The minimum Gasteiger partial charge on any atom is -0.396 e. The van der Waals surface area contributed by atoms with Crippen molar-refractivity contribution in [2.45, 2.75) is 96.8 Å². The molecular weight excluding hydrogens is 556 g/mol. The van der Waals surface area contributed by atoms with Crippen LogP contribution in [0.25, 0.3) is 22.3 Å². The number of hydrogen-bond acceptors (Lipinski definition) is 7. The van der Waals surface area contributed by atoms with Crippen LogP contribution in [0.5, 0.6) is 11.5 Å². The Hall–Kier alpha value is -3.39. The van der Waals surface area contributed by atoms with Crippen LogP contribution in [0.3, 0.4) is 0 Å². The van der Waals surface area contributed by atoms with Crippen molar-refractivity contribution in [3.8, 4) is 33.8 Å². The van der Waals surface area contributed by atoms with Crippen LogP contribution < -0.4 is 9.78 Å². The number of hydrogen-bond donors (Lipinski definition) is 1. The number of aryl methyl sites for hydroxylation is 1. The van der Waals surface area contributed by atoms with Crippen LogP contribution in [-0.4, -0.2) is 24.8 Å². The van der Waals surface area contributed by atoms with Gasteiger partial charge in [-0.25, -0.2) is 4.79 Å². The Bertz CT molecular complexity index is 1300. The average molecular weight is 605 g/mol. The average Bonchev–Trinajstić information content (AvgIpc) is 3.06. The maximum atomic E-state index is 11.5. The van der Waals surface area contributed by atoms with Crippen LogP contribution in [0.4, 0.5) is 0 Å². The molecule has 0 saturated heterocycles. The first kappa shape index (κ1) is 33.5. The molecule has 0 bridgehead atoms. The van der Waals surface area contributed by atoms with Gasteiger partial charge in [0.25, 0.3) is 0 Å². The standard InChI is InChI=1S/C37H48O7/c1-4-6-7-8-9-10-27-11-13-29(14-12-27)30-15-17-31(18-16-30)32-19-21-34(28(5-2)25-32)33-20-22-35(41-40-3)36(26-33)42-44-43-37(39)23-24-38/h15-22,25-27,29,38H,4-14,23-24H2,1-3H3. The second kappa shape index (κ2) is 17.8. The van der Waals surface area contributed by atoms with Crippen molar-refractivity contribution in [1.82, 2.24) is 0 Å². The number of carbonyl (C=O) groups excluding carboxylic acids is 1. The molecule has 4 rings (SSSR count). The molecule has 7 nitrogen and oxygen atoms in total. The number of rotatable bonds is 17. The summed E-state index contributed by atoms with van der Waals surface area (Å²) in [6, 6.07) is 21.0. The number of carbonyl (C=O) groups is 1. The summed E-state index contributed by atoms with van der Waals surface area (Å²) >= 11 is 0. The lowest BCUT2D eigenvalue weighted by Gasteiger charge is -2.29. The number of aliphatic hydroxyl groups is 1. The van der Waals surface area contributed by atoms with Gasteiger partial charge in [0.1, 0.15) is 0 Å². The van der Waals surface area contributed by atoms with Gasteiger partial charge in [0.05, 0.1) is 20.1 Å². The first-order valence-corrected chi connectivity index (χ1v) is 16.3. The van der Waals surface area contributed by atoms with Crippen molar-refractivity contribution in [3.63, 3.8) is 0 Å². The largest absolute Gasteiger partial charge is 0.396 e. The molecule has 1 aliphatic rings. The van der Waals surface area contributed by atoms with E-state index >= 15 is 0 Å². The summed E-state index contributed by atoms with van der Waals surface area (Å²) in [5.74, 6) is 1.26. The lowest BCUT2D eigenvalue weighted by Crippen LogP contribution is -2.13. The van der Waals surface area contributed by atoms with Gasteiger partial charge in [-0.3, -0.25) is 9.78 Å². The monoisotopic (exact) mass is 604 g/mol. The molecule has 1 aliphatic carbocycles. The Labute approximate surface area is 262 Å². The highest BCUT2D eigenvalue weighted by molar-refractivity contribution is 5.75. The highest BCUT2D eigenvalue weighted by Crippen LogP contribution is 2.39. The SMILES string of the molecule is CCCCCCCC1CCC(c2ccc(-c3ccc(-c4ccc(OOC)c(OOOC(=O)CCO)c4)c(CC)c3)cc2)CC1. The minimum absolute atomic E-state index is 0.170. The quantitative estimate of drug-likeness (QED) is 0.0934. The minimum atomic E-state index is -0.759. The van der Waals surface area contributed by atoms with Gasteiger partial charge < -0.3 is 9.99 Å². The first-order chi connectivity index (χ1) is 21.6. The molecule has 3 aromatic carbocycles. The molecule has 0 aliphatic heterocycles. The van der Waals surface area contributed by atoms with Gasteiger partial charge in [0.15, 0.2) is 0 Å². The fraction of sp³-hybridized carbons (Fsp3) is 0.486. The summed E-state index contributed by atoms with van der Waals surface area (Å²) in [5, 5.41) is 13.5. The second-order valence-corrected chi connectivity index (χ2v) is 11.8. The molecular formula is C37H48O7. The third-order valence-electron chi connectivity index (χ3n) is 8.76. The Morgan fingerprint density at radius 3 is 2.23 bits per heavy atom. The van der Waals surface area contributed by atoms with Gasteiger partial charge in [0.2, 0.25) is 11.5 Å². The van der Waals surface area contributed by atoms with E-state index in [1.807, 2.05) is 6.07 Å². The maximum Gasteiger partial charge on any atom is 0.348 e. The molecule has 1 N–H and O–H groups in total. The lowest BCUT2D eigenvalue weighted by molar-refractivity contribution is -0.437. The molecule has 3 aromatic rings. The van der Waals surface area contributed by atoms with Crippen molar-refractivity contribution in [1.29, 1.82) is 0 Å². The summed E-state index contributed by atoms with van der Waals surface area (Å²) in [5.41, 5.74) is 6.96. The third kappa shape index (κ3) is 9.55. The summed E-state index contributed by atoms with van der Waals surface area (Å²) in [6.07, 6.45) is 14.3. The van der Waals surface area contributed by atoms with E-state index in [2.05, 4.69) is 66.2 Å². The van der Waals surface area contributed by atoms with Crippen LogP contribution >= 0.6 is 0 Å². The fourth-order valence-corrected chi connectivity index (χ4v) is 6.24. The Balaban J connectivity index is 1.40. The molecule has 0 heterocycles. The molecule has 44 heavy (non-hydrogen) atoms. The molecule has 0 amide bonds. The first-order valence-electron chi connectivity index (χ1n) is 16.3. The van der Waals surface area contributed by atoms with Crippen LogP contribution in [0.2, 0.25) is 0 Å². The van der Waals surface area contributed by atoms with Crippen molar-refractivity contribution < 1.29 is 34.5 Å². The summed E-state index contributed by atoms with van der Waals surface area (Å²) in [4.78, 5) is 31.2. The van der Waals surface area contributed by atoms with Gasteiger partial charge >= 0.3 is 5.97 Å². The smallest absolute Gasteiger partial charge is 0.348 e. The molecule has 238 valence electrons. The van der Waals surface area contributed by atoms with E-state index in [9.17, 15) is 4.79 Å². The van der Waals surface area contributed by atoms with Gasteiger partial charge in [-0.15, -0.1) is 0 Å². The molecule has 0 spiro atoms. The second-order valence-electron chi connectivity index (χ2n) is 11.8. The normalized spacial score (nSPS) is 16.5. The van der Waals surface area contributed by atoms with E-state index < -0.39 is 5.97 Å². The van der Waals surface area contributed by atoms with Gasteiger partial charge in [-0.2, -0.15) is 4.89 Å². The van der Waals surface area contributed by atoms with Crippen molar-refractivity contribution in [2.24, 2.45) is 5.92 Å². The molecule has 1 fully saturated rings. The van der Waals surface area contributed by atoms with Crippen molar-refractivity contribution in [2.75, 3.05) is 13.7 Å². The van der Waals surface area contributed by atoms with E-state index in [-0.39, 0.29) is 24.5 Å². The van der Waals surface area contributed by atoms with E-state index in [0.717, 1.165) is 23.5 Å². The van der Waals surface area contributed by atoms with Crippen LogP contribution in [-0.2, 0) is 26.0 Å². The topological polar surface area (TPSA) is 83.5 Å². The van der Waals surface area contributed by atoms with E-state index in [1.54, 1.807) is 12.1 Å². The third-order valence-corrected chi connectivity index (χ3v) is 8.76. The molecule has 0 unspecified atom stereocenters. The molecule has 0 radical (unpaired) electrons. The fourth-order valence-electron chi connectivity index (χ4n) is 6.24. The van der Waals surface area contributed by atoms with Crippen molar-refractivity contribution in [3.05, 3.63) is 71.8 Å². The Morgan fingerprint density at radius 1 is 0.795 bits per heavy atom. The van der Waals surface area contributed by atoms with E-state index in [0.29, 0.717) is 5.92 Å². The van der Waals surface area contributed by atoms with E-state index in [1.165, 1.54) is 93.6 Å². The highest BCUT2D eigenvalue weighted by Gasteiger charge is 2.22. The van der Waals surface area contributed by atoms with Gasteiger partial charge in [-0.05, 0) is 89.5 Å². The maximum absolute atomic E-state index is 11.5. The summed E-state index contributed by atoms with van der Waals surface area (Å²) in [6.45, 7) is 4.07. The predicted octanol–water partition coefficient (Wildman–Crippen LogP) is 9.31. The van der Waals surface area contributed by atoms with Crippen molar-refractivity contribution >= 4 is 5.97 Å². The van der Waals surface area contributed by atoms with Gasteiger partial charge in [0, 0.05) is 5.04 Å². The molecule has 7 heteroatoms. The summed E-state index contributed by atoms with van der Waals surface area (Å²) < 4.78 is 0. The highest BCUT2D eigenvalue weighted by atomic mass is 17.5. The van der Waals surface area contributed by atoms with Crippen LogP contribution in [0.1, 0.15) is 102 Å². The zero-order valence-corrected chi connectivity index (χ0v) is 26.5. The van der Waals surface area contributed by atoms with Crippen LogP contribution in [0, 0.1) is 5.92 Å². The Morgan fingerprint density at radius 2 is 1.52 bits per heavy atom. The van der Waals surface area contributed by atoms with E-state index in [4.69, 9.17) is 19.8 Å². The summed E-state index contributed by atoms with van der Waals surface area (Å²) in [7, 11) is 1.38. The number of benzene rings is 3. The molecule has 0 aromatic heterocycles. The zero-order chi connectivity index (χ0) is 31.1. The zero-order valence-electron chi connectivity index (χ0n) is 26.5. The lowest BCUT2D eigenvalue weighted by atomic mass is 9.77. The predicted molar refractivity (Wildman–Crippen MR) is 172 cm³/mol. The number of aliphatic hydroxyl groups excluding tert-OH is 1.